The van der Waals surface area contributed by atoms with E-state index in [0.717, 1.165) is 50.1 Å². The van der Waals surface area contributed by atoms with Crippen molar-refractivity contribution in [1.82, 2.24) is 0 Å². The largest absolute Gasteiger partial charge is 0.411 e. The van der Waals surface area contributed by atoms with Gasteiger partial charge >= 0.3 is 0 Å². The molecule has 1 aliphatic rings. The minimum atomic E-state index is -1.67. The summed E-state index contributed by atoms with van der Waals surface area (Å²) in [6, 6.07) is 14.3. The normalized spacial score (nSPS) is 25.3. The lowest BCUT2D eigenvalue weighted by atomic mass is 9.75. The fourth-order valence-electron chi connectivity index (χ4n) is 4.13. The van der Waals surface area contributed by atoms with Gasteiger partial charge in [0.05, 0.1) is 5.60 Å². The van der Waals surface area contributed by atoms with Crippen LogP contribution in [0, 0.1) is 0 Å². The van der Waals surface area contributed by atoms with Crippen LogP contribution in [-0.4, -0.2) is 20.2 Å². The van der Waals surface area contributed by atoms with Gasteiger partial charge in [0, 0.05) is 6.42 Å². The number of rotatable bonds is 8. The van der Waals surface area contributed by atoms with E-state index in [4.69, 9.17) is 4.43 Å². The Morgan fingerprint density at radius 3 is 2.13 bits per heavy atom. The van der Waals surface area contributed by atoms with Crippen LogP contribution in [0.5, 0.6) is 0 Å². The molecule has 1 aliphatic carbocycles. The van der Waals surface area contributed by atoms with Gasteiger partial charge in [-0.25, -0.2) is 0 Å². The molecule has 0 heterocycles. The van der Waals surface area contributed by atoms with Crippen molar-refractivity contribution in [1.29, 1.82) is 0 Å². The number of hydrogen-bond acceptors (Lipinski definition) is 2. The summed E-state index contributed by atoms with van der Waals surface area (Å²) in [5, 5.41) is 0. The van der Waals surface area contributed by atoms with Gasteiger partial charge in [-0.1, -0.05) is 51.1 Å². The first kappa shape index (κ1) is 18.4. The molecule has 0 aromatic heterocycles. The summed E-state index contributed by atoms with van der Waals surface area (Å²) in [6.45, 7) is 6.80. The molecule has 1 aromatic rings. The van der Waals surface area contributed by atoms with Crippen molar-refractivity contribution >= 4 is 14.6 Å². The molecule has 1 aromatic carbocycles. The van der Waals surface area contributed by atoms with E-state index in [0.29, 0.717) is 12.3 Å². The van der Waals surface area contributed by atoms with Crippen LogP contribution in [0.1, 0.15) is 64.4 Å². The summed E-state index contributed by atoms with van der Waals surface area (Å²) >= 11 is 0. The third-order valence-electron chi connectivity index (χ3n) is 5.99. The van der Waals surface area contributed by atoms with E-state index in [-0.39, 0.29) is 5.60 Å². The summed E-state index contributed by atoms with van der Waals surface area (Å²) in [5.41, 5.74) is 1.26. The average molecular weight is 333 g/mol. The average Bonchev–Trinajstić information content (AvgIpc) is 2.62. The van der Waals surface area contributed by atoms with Crippen LogP contribution >= 0.6 is 0 Å². The summed E-state index contributed by atoms with van der Waals surface area (Å²) < 4.78 is 6.85. The fraction of sp³-hybridized carbons (Fsp3) is 0.650. The highest BCUT2D eigenvalue weighted by Gasteiger charge is 2.43. The number of carbonyl (C=O) groups is 1. The van der Waals surface area contributed by atoms with Gasteiger partial charge in [-0.2, -0.15) is 0 Å². The molecule has 23 heavy (non-hydrogen) atoms. The number of benzene rings is 1. The van der Waals surface area contributed by atoms with Crippen LogP contribution in [0.4, 0.5) is 0 Å². The molecular formula is C20H32O2Si. The monoisotopic (exact) mass is 332 g/mol. The summed E-state index contributed by atoms with van der Waals surface area (Å²) in [5.74, 6) is 0.625. The van der Waals surface area contributed by atoms with Crippen LogP contribution in [0.25, 0.3) is 0 Å². The fourth-order valence-corrected chi connectivity index (χ4v) is 7.27. The van der Waals surface area contributed by atoms with Crippen molar-refractivity contribution in [2.75, 3.05) is 0 Å². The van der Waals surface area contributed by atoms with Crippen LogP contribution < -0.4 is 0 Å². The van der Waals surface area contributed by atoms with E-state index < -0.39 is 8.32 Å². The van der Waals surface area contributed by atoms with E-state index in [2.05, 4.69) is 51.1 Å². The molecule has 2 nitrogen and oxygen atoms in total. The summed E-state index contributed by atoms with van der Waals surface area (Å²) in [6.07, 6.45) is 5.99. The van der Waals surface area contributed by atoms with Crippen LogP contribution in [0.15, 0.2) is 30.3 Å². The maximum absolute atomic E-state index is 11.3. The molecule has 0 unspecified atom stereocenters. The van der Waals surface area contributed by atoms with E-state index in [1.165, 1.54) is 5.56 Å². The maximum Gasteiger partial charge on any atom is 0.192 e. The zero-order valence-electron chi connectivity index (χ0n) is 15.0. The lowest BCUT2D eigenvalue weighted by molar-refractivity contribution is -0.113. The Balaban J connectivity index is 2.10. The zero-order chi connectivity index (χ0) is 16.8. The summed E-state index contributed by atoms with van der Waals surface area (Å²) in [4.78, 5) is 11.3. The van der Waals surface area contributed by atoms with Gasteiger partial charge < -0.3 is 9.22 Å². The van der Waals surface area contributed by atoms with Gasteiger partial charge in [0.1, 0.15) is 6.29 Å². The third-order valence-corrected chi connectivity index (χ3v) is 10.7. The van der Waals surface area contributed by atoms with Gasteiger partial charge in [-0.15, -0.1) is 0 Å². The molecule has 0 spiro atoms. The molecule has 0 amide bonds. The third kappa shape index (κ3) is 4.33. The van der Waals surface area contributed by atoms with E-state index >= 15 is 0 Å². The topological polar surface area (TPSA) is 26.3 Å². The molecule has 0 aliphatic heterocycles. The Morgan fingerprint density at radius 1 is 1.09 bits per heavy atom. The van der Waals surface area contributed by atoms with E-state index in [1.807, 2.05) is 0 Å². The molecule has 1 fully saturated rings. The molecule has 0 N–H and O–H groups in total. The predicted molar refractivity (Wildman–Crippen MR) is 99.3 cm³/mol. The Kier molecular flexibility index (Phi) is 6.60. The molecule has 0 bridgehead atoms. The first-order valence-electron chi connectivity index (χ1n) is 9.31. The Bertz CT molecular complexity index is 465. The van der Waals surface area contributed by atoms with Crippen molar-refractivity contribution in [2.24, 2.45) is 0 Å². The number of hydrogen-bond donors (Lipinski definition) is 0. The number of aldehydes is 1. The van der Waals surface area contributed by atoms with Gasteiger partial charge in [-0.3, -0.25) is 0 Å². The lowest BCUT2D eigenvalue weighted by Crippen LogP contribution is -2.49. The van der Waals surface area contributed by atoms with Gasteiger partial charge in [0.25, 0.3) is 0 Å². The Morgan fingerprint density at radius 2 is 1.65 bits per heavy atom. The first-order valence-corrected chi connectivity index (χ1v) is 11.8. The lowest BCUT2D eigenvalue weighted by Gasteiger charge is -2.46. The Hall–Kier alpha value is -0.933. The van der Waals surface area contributed by atoms with Crippen molar-refractivity contribution in [3.05, 3.63) is 35.9 Å². The molecule has 0 radical (unpaired) electrons. The van der Waals surface area contributed by atoms with Crippen molar-refractivity contribution in [3.63, 3.8) is 0 Å². The highest BCUT2D eigenvalue weighted by molar-refractivity contribution is 6.73. The zero-order valence-corrected chi connectivity index (χ0v) is 16.0. The van der Waals surface area contributed by atoms with Crippen molar-refractivity contribution in [3.8, 4) is 0 Å². The minimum absolute atomic E-state index is 0.179. The van der Waals surface area contributed by atoms with Crippen LogP contribution in [0.3, 0.4) is 0 Å². The van der Waals surface area contributed by atoms with E-state index in [9.17, 15) is 4.79 Å². The quantitative estimate of drug-likeness (QED) is 0.451. The minimum Gasteiger partial charge on any atom is -0.411 e. The molecule has 3 heteroatoms. The molecule has 0 atom stereocenters. The van der Waals surface area contributed by atoms with Crippen LogP contribution in [-0.2, 0) is 9.22 Å². The predicted octanol–water partition coefficient (Wildman–Crippen LogP) is 5.69. The molecule has 1 saturated carbocycles. The molecule has 128 valence electrons. The molecule has 0 saturated heterocycles. The highest BCUT2D eigenvalue weighted by Crippen LogP contribution is 2.44. The van der Waals surface area contributed by atoms with Crippen molar-refractivity contribution < 1.29 is 9.22 Å². The highest BCUT2D eigenvalue weighted by atomic mass is 28.4. The van der Waals surface area contributed by atoms with E-state index in [1.54, 1.807) is 0 Å². The first-order chi connectivity index (χ1) is 11.1. The summed E-state index contributed by atoms with van der Waals surface area (Å²) in [7, 11) is -1.67. The maximum atomic E-state index is 11.3. The van der Waals surface area contributed by atoms with Crippen molar-refractivity contribution in [2.45, 2.75) is 82.5 Å². The number of carbonyl (C=O) groups excluding carboxylic acids is 1. The standard InChI is InChI=1S/C20H32O2Si/c1-4-23(5-2,6-3)22-20(16-17-21)14-12-19(13-15-20)18-10-8-7-9-11-18/h7-11,17,19H,4-6,12-16H2,1-3H3. The molecular weight excluding hydrogens is 300 g/mol. The van der Waals surface area contributed by atoms with Gasteiger partial charge in [0.2, 0.25) is 0 Å². The SMILES string of the molecule is CC[Si](CC)(CC)OC1(CC=O)CCC(c2ccccc2)CC1. The second kappa shape index (κ2) is 8.25. The van der Waals surface area contributed by atoms with Gasteiger partial charge in [-0.05, 0) is 55.3 Å². The molecule has 2 rings (SSSR count). The second-order valence-corrected chi connectivity index (χ2v) is 11.8. The van der Waals surface area contributed by atoms with Gasteiger partial charge in [0.15, 0.2) is 8.32 Å². The smallest absolute Gasteiger partial charge is 0.192 e. The van der Waals surface area contributed by atoms with Crippen LogP contribution in [0.2, 0.25) is 18.1 Å². The second-order valence-electron chi connectivity index (χ2n) is 7.08. The Labute approximate surface area is 142 Å².